The van der Waals surface area contributed by atoms with Crippen LogP contribution in [-0.4, -0.2) is 100 Å². The number of guanidine groups is 1. The van der Waals surface area contributed by atoms with Crippen LogP contribution in [0.1, 0.15) is 19.3 Å². The van der Waals surface area contributed by atoms with Gasteiger partial charge in [0.15, 0.2) is 5.96 Å². The molecule has 2 N–H and O–H groups in total. The standard InChI is InChI=1S/C21H37N7O2/c1-22-20(23-8-3-15-30-18-19-4-16-29-17-5-19)24-9-10-27-11-13-28(14-12-27)21-25-6-2-7-26-21/h2,6-7,19H,3-5,8-18H2,1H3,(H2,22,23,24). The predicted octanol–water partition coefficient (Wildman–Crippen LogP) is 0.597. The Hall–Kier alpha value is -1.97. The maximum absolute atomic E-state index is 5.81. The summed E-state index contributed by atoms with van der Waals surface area (Å²) in [4.78, 5) is 17.7. The first-order valence-electron chi connectivity index (χ1n) is 11.2. The third-order valence-corrected chi connectivity index (χ3v) is 5.60. The van der Waals surface area contributed by atoms with Crippen molar-refractivity contribution in [3.05, 3.63) is 18.5 Å². The van der Waals surface area contributed by atoms with Crippen molar-refractivity contribution in [2.75, 3.05) is 84.2 Å². The molecule has 0 radical (unpaired) electrons. The zero-order chi connectivity index (χ0) is 20.9. The minimum atomic E-state index is 0.670. The lowest BCUT2D eigenvalue weighted by Gasteiger charge is -2.34. The van der Waals surface area contributed by atoms with Gasteiger partial charge in [0.25, 0.3) is 0 Å². The highest BCUT2D eigenvalue weighted by atomic mass is 16.5. The molecule has 0 amide bonds. The molecule has 0 saturated carbocycles. The van der Waals surface area contributed by atoms with Crippen LogP contribution in [0, 0.1) is 5.92 Å². The van der Waals surface area contributed by atoms with Crippen LogP contribution in [0.25, 0.3) is 0 Å². The summed E-state index contributed by atoms with van der Waals surface area (Å²) in [6.45, 7) is 10.1. The largest absolute Gasteiger partial charge is 0.381 e. The summed E-state index contributed by atoms with van der Waals surface area (Å²) in [5.74, 6) is 2.36. The fourth-order valence-corrected chi connectivity index (χ4v) is 3.72. The molecule has 0 aromatic carbocycles. The molecule has 3 heterocycles. The Labute approximate surface area is 180 Å². The summed E-state index contributed by atoms with van der Waals surface area (Å²) >= 11 is 0. The third-order valence-electron chi connectivity index (χ3n) is 5.60. The molecular formula is C21H37N7O2. The Bertz CT molecular complexity index is 603. The van der Waals surface area contributed by atoms with Gasteiger partial charge in [-0.15, -0.1) is 0 Å². The highest BCUT2D eigenvalue weighted by Gasteiger charge is 2.18. The molecule has 9 heteroatoms. The molecular weight excluding hydrogens is 382 g/mol. The lowest BCUT2D eigenvalue weighted by atomic mass is 10.0. The van der Waals surface area contributed by atoms with Gasteiger partial charge in [0.05, 0.1) is 0 Å². The van der Waals surface area contributed by atoms with Gasteiger partial charge in [-0.25, -0.2) is 9.97 Å². The molecule has 9 nitrogen and oxygen atoms in total. The molecule has 30 heavy (non-hydrogen) atoms. The molecule has 3 rings (SSSR count). The molecule has 1 aromatic heterocycles. The fourth-order valence-electron chi connectivity index (χ4n) is 3.72. The van der Waals surface area contributed by atoms with Gasteiger partial charge in [0, 0.05) is 91.7 Å². The van der Waals surface area contributed by atoms with E-state index in [1.54, 1.807) is 12.4 Å². The maximum Gasteiger partial charge on any atom is 0.225 e. The Kier molecular flexibility index (Phi) is 10.1. The van der Waals surface area contributed by atoms with Crippen LogP contribution in [0.5, 0.6) is 0 Å². The quantitative estimate of drug-likeness (QED) is 0.324. The average Bonchev–Trinajstić information content (AvgIpc) is 2.82. The fraction of sp³-hybridized carbons (Fsp3) is 0.762. The molecule has 0 unspecified atom stereocenters. The Morgan fingerprint density at radius 1 is 1.13 bits per heavy atom. The molecule has 0 aliphatic carbocycles. The molecule has 0 bridgehead atoms. The number of aromatic nitrogens is 2. The lowest BCUT2D eigenvalue weighted by molar-refractivity contribution is 0.0203. The van der Waals surface area contributed by atoms with Crippen LogP contribution in [0.2, 0.25) is 0 Å². The van der Waals surface area contributed by atoms with Crippen LogP contribution in [-0.2, 0) is 9.47 Å². The Morgan fingerprint density at radius 3 is 2.60 bits per heavy atom. The van der Waals surface area contributed by atoms with E-state index in [1.807, 2.05) is 13.1 Å². The number of nitrogens with one attached hydrogen (secondary N) is 2. The number of ether oxygens (including phenoxy) is 2. The molecule has 2 aliphatic heterocycles. The Balaban J connectivity index is 1.19. The van der Waals surface area contributed by atoms with Gasteiger partial charge in [-0.3, -0.25) is 9.89 Å². The molecule has 1 aromatic rings. The SMILES string of the molecule is CN=C(NCCCOCC1CCOCC1)NCCN1CCN(c2ncccn2)CC1. The van der Waals surface area contributed by atoms with Crippen molar-refractivity contribution in [1.29, 1.82) is 0 Å². The molecule has 0 spiro atoms. The number of rotatable bonds is 10. The summed E-state index contributed by atoms with van der Waals surface area (Å²) in [5, 5.41) is 6.78. The van der Waals surface area contributed by atoms with Crippen molar-refractivity contribution in [2.45, 2.75) is 19.3 Å². The maximum atomic E-state index is 5.81. The topological polar surface area (TPSA) is 87.1 Å². The van der Waals surface area contributed by atoms with Gasteiger partial charge in [0.2, 0.25) is 5.95 Å². The number of nitrogens with zero attached hydrogens (tertiary/aromatic N) is 5. The van der Waals surface area contributed by atoms with Crippen LogP contribution in [0.3, 0.4) is 0 Å². The number of anilines is 1. The first kappa shape index (κ1) is 22.7. The summed E-state index contributed by atoms with van der Waals surface area (Å²) < 4.78 is 11.2. The highest BCUT2D eigenvalue weighted by molar-refractivity contribution is 5.79. The van der Waals surface area contributed by atoms with Crippen LogP contribution >= 0.6 is 0 Å². The van der Waals surface area contributed by atoms with Gasteiger partial charge >= 0.3 is 0 Å². The normalized spacial score (nSPS) is 19.1. The zero-order valence-corrected chi connectivity index (χ0v) is 18.3. The molecule has 2 saturated heterocycles. The molecule has 2 aliphatic rings. The third kappa shape index (κ3) is 8.04. The summed E-state index contributed by atoms with van der Waals surface area (Å²) in [7, 11) is 1.82. The van der Waals surface area contributed by atoms with E-state index >= 15 is 0 Å². The number of hydrogen-bond acceptors (Lipinski definition) is 7. The van der Waals surface area contributed by atoms with Crippen LogP contribution in [0.15, 0.2) is 23.5 Å². The first-order chi connectivity index (χ1) is 14.8. The average molecular weight is 420 g/mol. The van der Waals surface area contributed by atoms with E-state index in [4.69, 9.17) is 9.47 Å². The number of piperazine rings is 1. The Morgan fingerprint density at radius 2 is 1.87 bits per heavy atom. The minimum absolute atomic E-state index is 0.670. The predicted molar refractivity (Wildman–Crippen MR) is 119 cm³/mol. The van der Waals surface area contributed by atoms with Gasteiger partial charge in [-0.1, -0.05) is 0 Å². The van der Waals surface area contributed by atoms with Crippen molar-refractivity contribution >= 4 is 11.9 Å². The van der Waals surface area contributed by atoms with E-state index in [0.29, 0.717) is 5.92 Å². The van der Waals surface area contributed by atoms with E-state index in [9.17, 15) is 0 Å². The monoisotopic (exact) mass is 419 g/mol. The number of hydrogen-bond donors (Lipinski definition) is 2. The smallest absolute Gasteiger partial charge is 0.225 e. The van der Waals surface area contributed by atoms with Crippen molar-refractivity contribution in [1.82, 2.24) is 25.5 Å². The van der Waals surface area contributed by atoms with Crippen LogP contribution < -0.4 is 15.5 Å². The molecule has 2 fully saturated rings. The molecule has 0 atom stereocenters. The minimum Gasteiger partial charge on any atom is -0.381 e. The van der Waals surface area contributed by atoms with Gasteiger partial charge < -0.3 is 25.0 Å². The van der Waals surface area contributed by atoms with Crippen molar-refractivity contribution in [2.24, 2.45) is 10.9 Å². The second kappa shape index (κ2) is 13.4. The van der Waals surface area contributed by atoms with Crippen LogP contribution in [0.4, 0.5) is 5.95 Å². The molecule has 168 valence electrons. The van der Waals surface area contributed by atoms with E-state index in [1.165, 1.54) is 0 Å². The van der Waals surface area contributed by atoms with Gasteiger partial charge in [-0.05, 0) is 31.2 Å². The lowest BCUT2D eigenvalue weighted by Crippen LogP contribution is -2.49. The summed E-state index contributed by atoms with van der Waals surface area (Å²) in [6.07, 6.45) is 6.84. The highest BCUT2D eigenvalue weighted by Crippen LogP contribution is 2.14. The summed E-state index contributed by atoms with van der Waals surface area (Å²) in [6, 6.07) is 1.85. The van der Waals surface area contributed by atoms with E-state index < -0.39 is 0 Å². The second-order valence-corrected chi connectivity index (χ2v) is 7.79. The zero-order valence-electron chi connectivity index (χ0n) is 18.3. The van der Waals surface area contributed by atoms with Gasteiger partial charge in [-0.2, -0.15) is 0 Å². The van der Waals surface area contributed by atoms with Gasteiger partial charge in [0.1, 0.15) is 0 Å². The van der Waals surface area contributed by atoms with E-state index in [2.05, 4.69) is 35.4 Å². The second-order valence-electron chi connectivity index (χ2n) is 7.79. The van der Waals surface area contributed by atoms with Crippen molar-refractivity contribution in [3.8, 4) is 0 Å². The summed E-state index contributed by atoms with van der Waals surface area (Å²) in [5.41, 5.74) is 0. The van der Waals surface area contributed by atoms with Crippen molar-refractivity contribution in [3.63, 3.8) is 0 Å². The first-order valence-corrected chi connectivity index (χ1v) is 11.2. The van der Waals surface area contributed by atoms with Crippen molar-refractivity contribution < 1.29 is 9.47 Å². The van der Waals surface area contributed by atoms with E-state index in [0.717, 1.165) is 103 Å². The number of aliphatic imine (C=N–C) groups is 1. The van der Waals surface area contributed by atoms with E-state index in [-0.39, 0.29) is 0 Å².